The largest absolute Gasteiger partial charge is 0.347 e. The van der Waals surface area contributed by atoms with E-state index >= 15 is 0 Å². The number of amides is 1. The van der Waals surface area contributed by atoms with Crippen molar-refractivity contribution in [2.45, 2.75) is 52.4 Å². The molecule has 180 valence electrons. The number of H-pyrrole nitrogens is 1. The first-order chi connectivity index (χ1) is 16.9. The maximum atomic E-state index is 12.6. The molecule has 0 bridgehead atoms. The average molecular weight is 490 g/mol. The van der Waals surface area contributed by atoms with Gasteiger partial charge in [0.1, 0.15) is 5.36 Å². The van der Waals surface area contributed by atoms with Crippen molar-refractivity contribution in [3.8, 4) is 0 Å². The summed E-state index contributed by atoms with van der Waals surface area (Å²) in [6.07, 6.45) is 5.14. The second-order valence-electron chi connectivity index (χ2n) is 9.10. The zero-order chi connectivity index (χ0) is 24.5. The first-order valence-electron chi connectivity index (χ1n) is 12.1. The zero-order valence-corrected chi connectivity index (χ0v) is 20.7. The van der Waals surface area contributed by atoms with E-state index in [1.807, 2.05) is 50.2 Å². The Morgan fingerprint density at radius 3 is 2.66 bits per heavy atom. The molecule has 2 heterocycles. The number of aromatic nitrogens is 2. The molecule has 1 aliphatic carbocycles. The third kappa shape index (κ3) is 4.73. The van der Waals surface area contributed by atoms with Crippen molar-refractivity contribution in [2.75, 3.05) is 16.8 Å². The summed E-state index contributed by atoms with van der Waals surface area (Å²) >= 11 is 6.03. The smallest absolute Gasteiger partial charge is 0.326 e. The lowest BCUT2D eigenvalue weighted by molar-refractivity contribution is -0.115. The number of nitrogens with zero attached hydrogens (tertiary/aromatic N) is 3. The maximum absolute atomic E-state index is 12.6. The number of aryl methyl sites for hydroxylation is 2. The van der Waals surface area contributed by atoms with E-state index < -0.39 is 0 Å². The van der Waals surface area contributed by atoms with Crippen molar-refractivity contribution in [3.63, 3.8) is 0 Å². The summed E-state index contributed by atoms with van der Waals surface area (Å²) < 4.78 is 0. The van der Waals surface area contributed by atoms with Gasteiger partial charge >= 0.3 is 5.69 Å². The number of benzene rings is 2. The van der Waals surface area contributed by atoms with Crippen molar-refractivity contribution in [1.82, 2.24) is 9.97 Å². The third-order valence-corrected chi connectivity index (χ3v) is 6.91. The molecule has 35 heavy (non-hydrogen) atoms. The molecule has 1 aliphatic heterocycles. The average Bonchev–Trinajstić information content (AvgIpc) is 2.80. The summed E-state index contributed by atoms with van der Waals surface area (Å²) in [6, 6.07) is 11.8. The number of aromatic amines is 1. The topological polar surface area (TPSA) is 90.5 Å². The van der Waals surface area contributed by atoms with E-state index in [-0.39, 0.29) is 11.6 Å². The first-order valence-corrected chi connectivity index (χ1v) is 12.5. The highest BCUT2D eigenvalue weighted by Gasteiger charge is 2.25. The summed E-state index contributed by atoms with van der Waals surface area (Å²) in [7, 11) is 0. The number of halogens is 1. The second-order valence-corrected chi connectivity index (χ2v) is 9.53. The van der Waals surface area contributed by atoms with Gasteiger partial charge in [0.25, 0.3) is 0 Å². The van der Waals surface area contributed by atoms with E-state index in [1.165, 1.54) is 11.1 Å². The van der Waals surface area contributed by atoms with Crippen molar-refractivity contribution in [2.24, 2.45) is 4.99 Å². The zero-order valence-electron chi connectivity index (χ0n) is 19.9. The van der Waals surface area contributed by atoms with E-state index in [0.29, 0.717) is 18.8 Å². The van der Waals surface area contributed by atoms with E-state index in [0.717, 1.165) is 70.5 Å². The molecule has 1 saturated carbocycles. The Morgan fingerprint density at radius 2 is 1.97 bits per heavy atom. The lowest BCUT2D eigenvalue weighted by Crippen LogP contribution is -2.45. The molecule has 0 atom stereocenters. The minimum atomic E-state index is -0.369. The van der Waals surface area contributed by atoms with Gasteiger partial charge in [-0.25, -0.2) is 9.79 Å². The summed E-state index contributed by atoms with van der Waals surface area (Å²) in [5, 5.41) is 5.24. The molecule has 2 N–H and O–H groups in total. The molecule has 2 aromatic carbocycles. The van der Waals surface area contributed by atoms with Gasteiger partial charge in [-0.2, -0.15) is 4.98 Å². The lowest BCUT2D eigenvalue weighted by atomic mass is 9.92. The third-order valence-electron chi connectivity index (χ3n) is 6.65. The Hall–Kier alpha value is -3.45. The van der Waals surface area contributed by atoms with Gasteiger partial charge in [-0.05, 0) is 80.0 Å². The van der Waals surface area contributed by atoms with E-state index in [4.69, 9.17) is 16.6 Å². The van der Waals surface area contributed by atoms with Crippen LogP contribution in [0.1, 0.15) is 50.2 Å². The molecule has 0 saturated heterocycles. The molecule has 3 aromatic rings. The van der Waals surface area contributed by atoms with Gasteiger partial charge in [-0.15, -0.1) is 0 Å². The molecule has 5 rings (SSSR count). The first kappa shape index (κ1) is 23.3. The predicted molar refractivity (Wildman–Crippen MR) is 139 cm³/mol. The Bertz CT molecular complexity index is 1470. The highest BCUT2D eigenvalue weighted by Crippen LogP contribution is 2.39. The predicted octanol–water partition coefficient (Wildman–Crippen LogP) is 4.45. The number of nitrogens with one attached hydrogen (secondary N) is 2. The van der Waals surface area contributed by atoms with Crippen LogP contribution in [-0.2, 0) is 11.2 Å². The van der Waals surface area contributed by atoms with Gasteiger partial charge < -0.3 is 15.2 Å². The van der Waals surface area contributed by atoms with Gasteiger partial charge in [0.15, 0.2) is 5.82 Å². The van der Waals surface area contributed by atoms with Crippen LogP contribution in [0.25, 0.3) is 5.57 Å². The Kier molecular flexibility index (Phi) is 6.43. The molecule has 1 amide bonds. The van der Waals surface area contributed by atoms with Crippen LogP contribution in [0.15, 0.2) is 46.2 Å². The molecule has 2 aliphatic rings. The number of fused-ring (bicyclic) bond motifs is 2. The van der Waals surface area contributed by atoms with Gasteiger partial charge in [0.05, 0.1) is 16.7 Å². The van der Waals surface area contributed by atoms with Crippen LogP contribution in [0.3, 0.4) is 0 Å². The van der Waals surface area contributed by atoms with Crippen molar-refractivity contribution in [1.29, 1.82) is 0 Å². The number of rotatable bonds is 6. The minimum absolute atomic E-state index is 0.0475. The molecular weight excluding hydrogens is 462 g/mol. The molecule has 0 radical (unpaired) electrons. The van der Waals surface area contributed by atoms with Crippen molar-refractivity contribution in [3.05, 3.63) is 73.7 Å². The van der Waals surface area contributed by atoms with E-state index in [2.05, 4.69) is 20.2 Å². The fraction of sp³-hybridized carbons (Fsp3) is 0.333. The Morgan fingerprint density at radius 1 is 1.20 bits per heavy atom. The monoisotopic (exact) mass is 489 g/mol. The van der Waals surface area contributed by atoms with Crippen molar-refractivity contribution >= 4 is 46.0 Å². The van der Waals surface area contributed by atoms with E-state index in [9.17, 15) is 9.59 Å². The number of hydrogen-bond acceptors (Lipinski definition) is 5. The quantitative estimate of drug-likeness (QED) is 0.535. The summed E-state index contributed by atoms with van der Waals surface area (Å²) in [5.41, 5.74) is 5.38. The van der Waals surface area contributed by atoms with Crippen LogP contribution >= 0.6 is 11.6 Å². The highest BCUT2D eigenvalue weighted by atomic mass is 35.5. The van der Waals surface area contributed by atoms with Crippen molar-refractivity contribution < 1.29 is 4.79 Å². The number of carbonyl (C=O) groups is 1. The fourth-order valence-electron chi connectivity index (χ4n) is 4.52. The van der Waals surface area contributed by atoms with Crippen LogP contribution in [0.4, 0.5) is 22.9 Å². The molecule has 0 unspecified atom stereocenters. The Labute approximate surface area is 208 Å². The molecule has 8 heteroatoms. The van der Waals surface area contributed by atoms with Crippen LogP contribution in [0.5, 0.6) is 0 Å². The van der Waals surface area contributed by atoms with Gasteiger partial charge in [-0.1, -0.05) is 30.7 Å². The molecule has 1 aromatic heterocycles. The molecule has 0 spiro atoms. The standard InChI is InChI=1S/C27H28ClN5O2/c1-3-23(34)29-20-15-22-21(14-16(20)2)30-25-24(18-7-4-8-18)31-27(35)32-26(25)33(22)13-5-6-17-9-11-19(28)12-10-17/h9-12,14-15H,3-8,13H2,1-2H3,(H,29,34)(H,31,35). The van der Waals surface area contributed by atoms with Crippen LogP contribution < -0.4 is 26.6 Å². The number of anilines is 3. The minimum Gasteiger partial charge on any atom is -0.326 e. The second kappa shape index (κ2) is 9.66. The Balaban J connectivity index is 1.59. The summed E-state index contributed by atoms with van der Waals surface area (Å²) in [6.45, 7) is 4.44. The van der Waals surface area contributed by atoms with Crippen LogP contribution in [0.2, 0.25) is 5.02 Å². The number of hydrogen-bond donors (Lipinski definition) is 2. The van der Waals surface area contributed by atoms with E-state index in [1.54, 1.807) is 0 Å². The van der Waals surface area contributed by atoms with Gasteiger partial charge in [0.2, 0.25) is 5.91 Å². The SMILES string of the molecule is CCC(=O)Nc1cc2c(cc1C)N=c1c(nc(=O)[nH]c1=C1CCC1)N2CCCc1ccc(Cl)cc1. The molecule has 1 fully saturated rings. The fourth-order valence-corrected chi connectivity index (χ4v) is 4.65. The number of carbonyl (C=O) groups excluding carboxylic acids is 1. The maximum Gasteiger partial charge on any atom is 0.347 e. The highest BCUT2D eigenvalue weighted by molar-refractivity contribution is 6.30. The van der Waals surface area contributed by atoms with Gasteiger partial charge in [-0.3, -0.25) is 4.79 Å². The molecular formula is C27H28ClN5O2. The lowest BCUT2D eigenvalue weighted by Gasteiger charge is -2.29. The van der Waals surface area contributed by atoms with Gasteiger partial charge in [0, 0.05) is 23.7 Å². The normalized spacial score (nSPS) is 14.0. The summed E-state index contributed by atoms with van der Waals surface area (Å²) in [5.74, 6) is 0.525. The summed E-state index contributed by atoms with van der Waals surface area (Å²) in [4.78, 5) is 39.0. The van der Waals surface area contributed by atoms with Crippen LogP contribution in [0, 0.1) is 6.92 Å². The molecule has 7 nitrogen and oxygen atoms in total. The van der Waals surface area contributed by atoms with Crippen LogP contribution in [-0.4, -0.2) is 22.4 Å².